The molecule has 0 heterocycles. The molecule has 3 N–H and O–H groups in total. The Morgan fingerprint density at radius 1 is 1.11 bits per heavy atom. The van der Waals surface area contributed by atoms with Crippen LogP contribution in [0.1, 0.15) is 59.3 Å². The van der Waals surface area contributed by atoms with E-state index in [4.69, 9.17) is 5.11 Å². The molecule has 0 aliphatic rings. The number of unbranched alkanes of at least 4 members (excludes halogenated alkanes) is 4. The van der Waals surface area contributed by atoms with Crippen LogP contribution in [0.4, 0.5) is 4.79 Å². The number of carboxylic acid groups (broad SMARTS) is 1. The third kappa shape index (κ3) is 6.47. The molecular formula is C13H26N2O3. The summed E-state index contributed by atoms with van der Waals surface area (Å²) < 4.78 is 0. The van der Waals surface area contributed by atoms with E-state index in [2.05, 4.69) is 17.6 Å². The van der Waals surface area contributed by atoms with Crippen LogP contribution in [0.2, 0.25) is 0 Å². The van der Waals surface area contributed by atoms with Crippen molar-refractivity contribution in [1.82, 2.24) is 10.6 Å². The lowest BCUT2D eigenvalue weighted by Crippen LogP contribution is -2.54. The van der Waals surface area contributed by atoms with Crippen molar-refractivity contribution in [2.24, 2.45) is 0 Å². The fraction of sp³-hybridized carbons (Fsp3) is 0.846. The van der Waals surface area contributed by atoms with E-state index in [0.717, 1.165) is 12.8 Å². The highest BCUT2D eigenvalue weighted by Gasteiger charge is 2.32. The van der Waals surface area contributed by atoms with Crippen molar-refractivity contribution in [3.8, 4) is 0 Å². The molecule has 0 fully saturated rings. The molecule has 2 amide bonds. The van der Waals surface area contributed by atoms with E-state index in [9.17, 15) is 9.59 Å². The highest BCUT2D eigenvalue weighted by molar-refractivity contribution is 5.85. The van der Waals surface area contributed by atoms with E-state index >= 15 is 0 Å². The van der Waals surface area contributed by atoms with Gasteiger partial charge in [-0.1, -0.05) is 39.5 Å². The molecule has 0 aliphatic carbocycles. The zero-order valence-corrected chi connectivity index (χ0v) is 11.7. The third-order valence-corrected chi connectivity index (χ3v) is 3.13. The third-order valence-electron chi connectivity index (χ3n) is 3.13. The van der Waals surface area contributed by atoms with E-state index in [1.165, 1.54) is 26.2 Å². The minimum absolute atomic E-state index is 0.353. The average molecular weight is 258 g/mol. The van der Waals surface area contributed by atoms with Crippen LogP contribution in [-0.4, -0.2) is 29.2 Å². The van der Waals surface area contributed by atoms with Crippen molar-refractivity contribution in [3.05, 3.63) is 0 Å². The summed E-state index contributed by atoms with van der Waals surface area (Å²) in [5.41, 5.74) is -1.19. The summed E-state index contributed by atoms with van der Waals surface area (Å²) >= 11 is 0. The van der Waals surface area contributed by atoms with Gasteiger partial charge in [-0.2, -0.15) is 0 Å². The Bertz CT molecular complexity index is 269. The van der Waals surface area contributed by atoms with Gasteiger partial charge in [-0.3, -0.25) is 0 Å². The fourth-order valence-electron chi connectivity index (χ4n) is 1.52. The number of amides is 2. The number of carbonyl (C=O) groups is 2. The molecule has 0 aliphatic heterocycles. The SMILES string of the molecule is CCCCCCCNC(=O)NC(C)(CC)C(=O)O. The second kappa shape index (κ2) is 8.78. The fourth-order valence-corrected chi connectivity index (χ4v) is 1.52. The summed E-state index contributed by atoms with van der Waals surface area (Å²) in [6.07, 6.45) is 5.98. The lowest BCUT2D eigenvalue weighted by Gasteiger charge is -2.24. The smallest absolute Gasteiger partial charge is 0.329 e. The Balaban J connectivity index is 3.80. The molecule has 18 heavy (non-hydrogen) atoms. The monoisotopic (exact) mass is 258 g/mol. The largest absolute Gasteiger partial charge is 0.480 e. The molecule has 0 bridgehead atoms. The highest BCUT2D eigenvalue weighted by Crippen LogP contribution is 2.08. The topological polar surface area (TPSA) is 78.4 Å². The number of carboxylic acids is 1. The Kier molecular flexibility index (Phi) is 8.16. The second-order valence-corrected chi connectivity index (χ2v) is 4.79. The molecule has 0 saturated heterocycles. The molecule has 0 radical (unpaired) electrons. The van der Waals surface area contributed by atoms with Crippen LogP contribution in [-0.2, 0) is 4.79 Å². The number of aliphatic carboxylic acids is 1. The van der Waals surface area contributed by atoms with Crippen LogP contribution in [0.3, 0.4) is 0 Å². The van der Waals surface area contributed by atoms with E-state index in [1.807, 2.05) is 0 Å². The predicted molar refractivity (Wildman–Crippen MR) is 71.6 cm³/mol. The maximum atomic E-state index is 11.5. The summed E-state index contributed by atoms with van der Waals surface area (Å²) in [4.78, 5) is 22.5. The molecule has 0 spiro atoms. The molecule has 0 aromatic carbocycles. The lowest BCUT2D eigenvalue weighted by molar-refractivity contribution is -0.143. The molecule has 0 rings (SSSR count). The van der Waals surface area contributed by atoms with Crippen molar-refractivity contribution in [3.63, 3.8) is 0 Å². The quantitative estimate of drug-likeness (QED) is 0.556. The van der Waals surface area contributed by atoms with Crippen molar-refractivity contribution in [2.45, 2.75) is 64.8 Å². The summed E-state index contributed by atoms with van der Waals surface area (Å²) in [6.45, 7) is 5.99. The van der Waals surface area contributed by atoms with Gasteiger partial charge in [-0.05, 0) is 19.8 Å². The van der Waals surface area contributed by atoms with Crippen molar-refractivity contribution < 1.29 is 14.7 Å². The summed E-state index contributed by atoms with van der Waals surface area (Å²) in [7, 11) is 0. The van der Waals surface area contributed by atoms with E-state index in [0.29, 0.717) is 13.0 Å². The second-order valence-electron chi connectivity index (χ2n) is 4.79. The van der Waals surface area contributed by atoms with Gasteiger partial charge in [0.1, 0.15) is 5.54 Å². The van der Waals surface area contributed by atoms with Gasteiger partial charge in [0, 0.05) is 6.54 Å². The van der Waals surface area contributed by atoms with Gasteiger partial charge < -0.3 is 15.7 Å². The molecule has 0 saturated carbocycles. The molecule has 1 unspecified atom stereocenters. The Morgan fingerprint density at radius 2 is 1.72 bits per heavy atom. The Labute approximate surface area is 109 Å². The van der Waals surface area contributed by atoms with Gasteiger partial charge >= 0.3 is 12.0 Å². The molecule has 106 valence electrons. The first kappa shape index (κ1) is 16.7. The summed E-state index contributed by atoms with van der Waals surface area (Å²) in [5, 5.41) is 14.2. The van der Waals surface area contributed by atoms with Crippen LogP contribution in [0.5, 0.6) is 0 Å². The van der Waals surface area contributed by atoms with Gasteiger partial charge in [0.15, 0.2) is 0 Å². The lowest BCUT2D eigenvalue weighted by atomic mass is 10.00. The summed E-state index contributed by atoms with van der Waals surface area (Å²) in [6, 6.07) is -0.405. The van der Waals surface area contributed by atoms with Crippen molar-refractivity contribution in [2.75, 3.05) is 6.54 Å². The maximum Gasteiger partial charge on any atom is 0.329 e. The zero-order valence-electron chi connectivity index (χ0n) is 11.7. The van der Waals surface area contributed by atoms with Gasteiger partial charge in [0.05, 0.1) is 0 Å². The van der Waals surface area contributed by atoms with Crippen LogP contribution in [0.15, 0.2) is 0 Å². The molecule has 5 nitrogen and oxygen atoms in total. The van der Waals surface area contributed by atoms with E-state index in [1.54, 1.807) is 6.92 Å². The van der Waals surface area contributed by atoms with Crippen LogP contribution >= 0.6 is 0 Å². The number of urea groups is 1. The van der Waals surface area contributed by atoms with Gasteiger partial charge in [0.2, 0.25) is 0 Å². The molecular weight excluding hydrogens is 232 g/mol. The summed E-state index contributed by atoms with van der Waals surface area (Å²) in [5.74, 6) is -1.01. The maximum absolute atomic E-state index is 11.5. The molecule has 0 aromatic rings. The van der Waals surface area contributed by atoms with Crippen molar-refractivity contribution in [1.29, 1.82) is 0 Å². The highest BCUT2D eigenvalue weighted by atomic mass is 16.4. The van der Waals surface area contributed by atoms with Gasteiger partial charge in [-0.25, -0.2) is 9.59 Å². The van der Waals surface area contributed by atoms with E-state index in [-0.39, 0.29) is 0 Å². The first-order chi connectivity index (χ1) is 8.46. The zero-order chi connectivity index (χ0) is 14.0. The number of hydrogen-bond acceptors (Lipinski definition) is 2. The number of carbonyl (C=O) groups excluding carboxylic acids is 1. The molecule has 0 aromatic heterocycles. The predicted octanol–water partition coefficient (Wildman–Crippen LogP) is 2.51. The Morgan fingerprint density at radius 3 is 2.22 bits per heavy atom. The number of hydrogen-bond donors (Lipinski definition) is 3. The van der Waals surface area contributed by atoms with Crippen LogP contribution in [0.25, 0.3) is 0 Å². The number of nitrogens with one attached hydrogen (secondary N) is 2. The van der Waals surface area contributed by atoms with Crippen LogP contribution in [0, 0.1) is 0 Å². The van der Waals surface area contributed by atoms with Crippen molar-refractivity contribution >= 4 is 12.0 Å². The van der Waals surface area contributed by atoms with Crippen LogP contribution < -0.4 is 10.6 Å². The first-order valence-corrected chi connectivity index (χ1v) is 6.75. The average Bonchev–Trinajstić information content (AvgIpc) is 2.33. The van der Waals surface area contributed by atoms with Gasteiger partial charge in [-0.15, -0.1) is 0 Å². The standard InChI is InChI=1S/C13H26N2O3/c1-4-6-7-8-9-10-14-12(18)15-13(3,5-2)11(16)17/h4-10H2,1-3H3,(H,16,17)(H2,14,15,18). The Hall–Kier alpha value is -1.26. The number of rotatable bonds is 9. The minimum atomic E-state index is -1.19. The molecule has 5 heteroatoms. The van der Waals surface area contributed by atoms with E-state index < -0.39 is 17.5 Å². The minimum Gasteiger partial charge on any atom is -0.480 e. The first-order valence-electron chi connectivity index (χ1n) is 6.75. The molecule has 1 atom stereocenters. The normalized spacial score (nSPS) is 13.7. The van der Waals surface area contributed by atoms with Gasteiger partial charge in [0.25, 0.3) is 0 Å².